The first-order valence-electron chi connectivity index (χ1n) is 10.1. The Balaban J connectivity index is 1.81. The fraction of sp³-hybridized carbons (Fsp3) is 0.348. The lowest BCUT2D eigenvalue weighted by Gasteiger charge is -2.21. The standard InChI is InChI=1S/C23H21FN2O4/c1-11-13-4-3-5-14-16-8-26-20(22(16)25-19(21(13)14)7-18(11)24)6-15(12(2)28)17(23(26)29)9-30-10-27/h6-7,10,12,28H,3-5,8-9H2,1-2H3/t12-/m1/s1. The molecule has 0 bridgehead atoms. The van der Waals surface area contributed by atoms with Gasteiger partial charge in [0.15, 0.2) is 0 Å². The van der Waals surface area contributed by atoms with E-state index < -0.39 is 6.10 Å². The van der Waals surface area contributed by atoms with Crippen molar-refractivity contribution >= 4 is 17.4 Å². The molecule has 1 N–H and O–H groups in total. The summed E-state index contributed by atoms with van der Waals surface area (Å²) in [5.74, 6) is -0.265. The van der Waals surface area contributed by atoms with Gasteiger partial charge in [0.1, 0.15) is 12.4 Å². The first kappa shape index (κ1) is 18.9. The molecule has 2 aromatic heterocycles. The van der Waals surface area contributed by atoms with Crippen LogP contribution in [-0.4, -0.2) is 21.1 Å². The second-order valence-electron chi connectivity index (χ2n) is 8.07. The number of benzene rings is 1. The van der Waals surface area contributed by atoms with Crippen molar-refractivity contribution in [2.45, 2.75) is 52.4 Å². The van der Waals surface area contributed by atoms with Crippen LogP contribution in [0.3, 0.4) is 0 Å². The quantitative estimate of drug-likeness (QED) is 0.525. The predicted molar refractivity (Wildman–Crippen MR) is 109 cm³/mol. The van der Waals surface area contributed by atoms with Crippen LogP contribution in [0, 0.1) is 12.7 Å². The van der Waals surface area contributed by atoms with Gasteiger partial charge < -0.3 is 14.4 Å². The van der Waals surface area contributed by atoms with Crippen molar-refractivity contribution in [2.75, 3.05) is 0 Å². The van der Waals surface area contributed by atoms with E-state index in [9.17, 15) is 19.1 Å². The van der Waals surface area contributed by atoms with Crippen LogP contribution >= 0.6 is 0 Å². The highest BCUT2D eigenvalue weighted by molar-refractivity contribution is 5.92. The number of carbonyl (C=O) groups is 1. The maximum absolute atomic E-state index is 14.5. The molecule has 0 radical (unpaired) electrons. The van der Waals surface area contributed by atoms with Crippen molar-refractivity contribution < 1.29 is 19.0 Å². The van der Waals surface area contributed by atoms with Gasteiger partial charge in [-0.2, -0.15) is 0 Å². The van der Waals surface area contributed by atoms with Crippen molar-refractivity contribution in [2.24, 2.45) is 0 Å². The lowest BCUT2D eigenvalue weighted by Crippen LogP contribution is -2.26. The maximum atomic E-state index is 14.5. The Morgan fingerprint density at radius 1 is 1.30 bits per heavy atom. The van der Waals surface area contributed by atoms with Crippen LogP contribution in [0.4, 0.5) is 4.39 Å². The summed E-state index contributed by atoms with van der Waals surface area (Å²) < 4.78 is 21.0. The summed E-state index contributed by atoms with van der Waals surface area (Å²) in [4.78, 5) is 28.6. The number of halogens is 1. The summed E-state index contributed by atoms with van der Waals surface area (Å²) in [7, 11) is 0. The number of aliphatic hydroxyl groups is 1. The van der Waals surface area contributed by atoms with E-state index in [0.717, 1.165) is 41.3 Å². The summed E-state index contributed by atoms with van der Waals surface area (Å²) in [5, 5.41) is 11.2. The highest BCUT2D eigenvalue weighted by Crippen LogP contribution is 2.41. The first-order valence-corrected chi connectivity index (χ1v) is 10.1. The first-order chi connectivity index (χ1) is 14.4. The Bertz CT molecular complexity index is 1290. The highest BCUT2D eigenvalue weighted by Gasteiger charge is 2.31. The van der Waals surface area contributed by atoms with Gasteiger partial charge in [-0.05, 0) is 61.4 Å². The van der Waals surface area contributed by atoms with Gasteiger partial charge in [-0.3, -0.25) is 9.59 Å². The Morgan fingerprint density at radius 2 is 2.07 bits per heavy atom. The van der Waals surface area contributed by atoms with Gasteiger partial charge in [0.05, 0.1) is 35.1 Å². The van der Waals surface area contributed by atoms with Crippen molar-refractivity contribution in [3.63, 3.8) is 0 Å². The average Bonchev–Trinajstić information content (AvgIpc) is 3.10. The molecule has 3 aromatic rings. The summed E-state index contributed by atoms with van der Waals surface area (Å²) in [5.41, 5.74) is 6.02. The van der Waals surface area contributed by atoms with Crippen molar-refractivity contribution in [3.8, 4) is 11.4 Å². The molecule has 3 heterocycles. The van der Waals surface area contributed by atoms with E-state index in [0.29, 0.717) is 34.6 Å². The van der Waals surface area contributed by atoms with Gasteiger partial charge in [0.25, 0.3) is 12.0 Å². The topological polar surface area (TPSA) is 81.4 Å². The molecule has 2 aliphatic rings. The molecule has 1 aromatic carbocycles. The molecule has 0 saturated heterocycles. The lowest BCUT2D eigenvalue weighted by atomic mass is 9.85. The second-order valence-corrected chi connectivity index (χ2v) is 8.07. The van der Waals surface area contributed by atoms with Crippen LogP contribution in [0.5, 0.6) is 0 Å². The van der Waals surface area contributed by atoms with Crippen molar-refractivity contribution in [1.29, 1.82) is 0 Å². The van der Waals surface area contributed by atoms with E-state index in [4.69, 9.17) is 9.72 Å². The van der Waals surface area contributed by atoms with Crippen molar-refractivity contribution in [1.82, 2.24) is 9.55 Å². The predicted octanol–water partition coefficient (Wildman–Crippen LogP) is 3.09. The molecule has 1 aliphatic carbocycles. The minimum Gasteiger partial charge on any atom is -0.463 e. The number of hydrogen-bond acceptors (Lipinski definition) is 5. The number of fused-ring (bicyclic) bond motifs is 4. The normalized spacial score (nSPS) is 15.1. The summed E-state index contributed by atoms with van der Waals surface area (Å²) >= 11 is 0. The fourth-order valence-corrected chi connectivity index (χ4v) is 4.96. The number of aliphatic hydroxyl groups excluding tert-OH is 1. The number of rotatable bonds is 4. The van der Waals surface area contributed by atoms with E-state index in [2.05, 4.69) is 0 Å². The number of nitrogens with zero attached hydrogens (tertiary/aromatic N) is 2. The molecule has 6 nitrogen and oxygen atoms in total. The average molecular weight is 408 g/mol. The minimum atomic E-state index is -0.914. The molecule has 154 valence electrons. The molecule has 0 saturated carbocycles. The van der Waals surface area contributed by atoms with E-state index in [-0.39, 0.29) is 30.0 Å². The zero-order valence-electron chi connectivity index (χ0n) is 16.8. The third kappa shape index (κ3) is 2.55. The zero-order valence-corrected chi connectivity index (χ0v) is 16.8. The Morgan fingerprint density at radius 3 is 2.80 bits per heavy atom. The molecule has 0 spiro atoms. The van der Waals surface area contributed by atoms with Gasteiger partial charge in [-0.25, -0.2) is 9.37 Å². The van der Waals surface area contributed by atoms with Gasteiger partial charge in [-0.15, -0.1) is 0 Å². The van der Waals surface area contributed by atoms with Crippen LogP contribution in [0.2, 0.25) is 0 Å². The third-order valence-electron chi connectivity index (χ3n) is 6.41. The summed E-state index contributed by atoms with van der Waals surface area (Å²) in [6.07, 6.45) is 1.68. The van der Waals surface area contributed by atoms with Gasteiger partial charge in [0.2, 0.25) is 0 Å². The van der Waals surface area contributed by atoms with Crippen molar-refractivity contribution in [3.05, 3.63) is 61.7 Å². The molecule has 0 unspecified atom stereocenters. The molecule has 5 rings (SSSR count). The van der Waals surface area contributed by atoms with Crippen LogP contribution < -0.4 is 5.56 Å². The summed E-state index contributed by atoms with van der Waals surface area (Å²) in [6.45, 7) is 3.82. The van der Waals surface area contributed by atoms with Crippen LogP contribution in [-0.2, 0) is 35.5 Å². The number of hydrogen-bond donors (Lipinski definition) is 1. The second kappa shape index (κ2) is 6.74. The third-order valence-corrected chi connectivity index (χ3v) is 6.41. The molecule has 0 amide bonds. The molecule has 30 heavy (non-hydrogen) atoms. The Labute approximate surface area is 171 Å². The van der Waals surface area contributed by atoms with Crippen LogP contribution in [0.15, 0.2) is 16.9 Å². The Hall–Kier alpha value is -3.06. The van der Waals surface area contributed by atoms with Crippen LogP contribution in [0.1, 0.15) is 52.8 Å². The zero-order chi connectivity index (χ0) is 21.2. The van der Waals surface area contributed by atoms with Gasteiger partial charge >= 0.3 is 0 Å². The Kier molecular flexibility index (Phi) is 4.25. The molecule has 7 heteroatoms. The summed E-state index contributed by atoms with van der Waals surface area (Å²) in [6, 6.07) is 3.22. The van der Waals surface area contributed by atoms with E-state index >= 15 is 0 Å². The number of aryl methyl sites for hydroxylation is 2. The SMILES string of the molecule is Cc1c(F)cc2nc3c(c4c2c1CCC4)Cn1c-3cc([C@@H](C)O)c(COC=O)c1=O. The molecule has 1 atom stereocenters. The minimum absolute atomic E-state index is 0.198. The van der Waals surface area contributed by atoms with Crippen LogP contribution in [0.25, 0.3) is 22.3 Å². The number of pyridine rings is 2. The van der Waals surface area contributed by atoms with Gasteiger partial charge in [0, 0.05) is 17.0 Å². The van der Waals surface area contributed by atoms with Gasteiger partial charge in [-0.1, -0.05) is 0 Å². The largest absolute Gasteiger partial charge is 0.463 e. The van der Waals surface area contributed by atoms with E-state index in [1.165, 1.54) is 6.07 Å². The monoisotopic (exact) mass is 408 g/mol. The van der Waals surface area contributed by atoms with E-state index in [1.54, 1.807) is 24.5 Å². The lowest BCUT2D eigenvalue weighted by molar-refractivity contribution is -0.129. The highest BCUT2D eigenvalue weighted by atomic mass is 19.1. The maximum Gasteiger partial charge on any atom is 0.293 e. The smallest absolute Gasteiger partial charge is 0.293 e. The molecule has 0 fully saturated rings. The number of aromatic nitrogens is 2. The number of carbonyl (C=O) groups excluding carboxylic acids is 1. The molecular weight excluding hydrogens is 387 g/mol. The molecule has 1 aliphatic heterocycles. The molecular formula is C23H21FN2O4. The number of ether oxygens (including phenoxy) is 1. The fourth-order valence-electron chi connectivity index (χ4n) is 4.96. The van der Waals surface area contributed by atoms with E-state index in [1.807, 2.05) is 0 Å².